The van der Waals surface area contributed by atoms with Crippen LogP contribution in [0.1, 0.15) is 0 Å². The van der Waals surface area contributed by atoms with Crippen LogP contribution in [-0.4, -0.2) is 65.5 Å². The lowest BCUT2D eigenvalue weighted by atomic mass is 10.3. The second kappa shape index (κ2) is 6.84. The largest absolute Gasteiger partial charge is 0.390 e. The Bertz CT molecular complexity index is 357. The molecule has 0 spiro atoms. The number of rotatable bonds is 5. The molecule has 100 valence electrons. The molecule has 1 aromatic rings. The highest BCUT2D eigenvalue weighted by atomic mass is 35.5. The van der Waals surface area contributed by atoms with Crippen molar-refractivity contribution >= 4 is 17.5 Å². The van der Waals surface area contributed by atoms with Crippen LogP contribution in [0.25, 0.3) is 0 Å². The maximum atomic E-state index is 9.89. The average molecular weight is 273 g/mol. The molecule has 2 rings (SSSR count). The molecule has 0 unspecified atom stereocenters. The molecule has 0 radical (unpaired) electrons. The molecule has 1 aliphatic rings. The van der Waals surface area contributed by atoms with Gasteiger partial charge in [0.1, 0.15) is 0 Å². The molecule has 1 aliphatic heterocycles. The fraction of sp³-hybridized carbons (Fsp3) is 0.636. The monoisotopic (exact) mass is 272 g/mol. The summed E-state index contributed by atoms with van der Waals surface area (Å²) in [4.78, 5) is 10.2. The Hall–Kier alpha value is -0.950. The zero-order chi connectivity index (χ0) is 12.8. The first-order valence-corrected chi connectivity index (χ1v) is 6.31. The summed E-state index contributed by atoms with van der Waals surface area (Å²) >= 11 is 5.68. The summed E-state index contributed by atoms with van der Waals surface area (Å²) in [5.74, 6) is 0.473. The van der Waals surface area contributed by atoms with E-state index in [0.29, 0.717) is 24.1 Å². The molecular formula is C11H17ClN4O2. The molecular weight excluding hydrogens is 256 g/mol. The Labute approximate surface area is 111 Å². The molecule has 7 heteroatoms. The minimum Gasteiger partial charge on any atom is -0.390 e. The predicted molar refractivity (Wildman–Crippen MR) is 68.8 cm³/mol. The second-order valence-electron chi connectivity index (χ2n) is 4.17. The van der Waals surface area contributed by atoms with Crippen LogP contribution < -0.4 is 5.32 Å². The normalized spacial score (nSPS) is 18.6. The fourth-order valence-corrected chi connectivity index (χ4v) is 1.86. The summed E-state index contributed by atoms with van der Waals surface area (Å²) in [5.41, 5.74) is 0. The molecule has 1 saturated heterocycles. The molecule has 2 N–H and O–H groups in total. The summed E-state index contributed by atoms with van der Waals surface area (Å²) in [6, 6.07) is 0. The quantitative estimate of drug-likeness (QED) is 0.800. The Morgan fingerprint density at radius 2 is 2.06 bits per heavy atom. The molecule has 0 aliphatic carbocycles. The Kier molecular flexibility index (Phi) is 5.12. The highest BCUT2D eigenvalue weighted by molar-refractivity contribution is 6.30. The lowest BCUT2D eigenvalue weighted by Crippen LogP contribution is -2.42. The first-order chi connectivity index (χ1) is 8.74. The number of anilines is 1. The average Bonchev–Trinajstić information content (AvgIpc) is 2.39. The van der Waals surface area contributed by atoms with Crippen LogP contribution in [0.5, 0.6) is 0 Å². The van der Waals surface area contributed by atoms with Crippen molar-refractivity contribution in [3.05, 3.63) is 17.4 Å². The van der Waals surface area contributed by atoms with Gasteiger partial charge in [-0.1, -0.05) is 11.6 Å². The van der Waals surface area contributed by atoms with Gasteiger partial charge in [0.2, 0.25) is 5.95 Å². The molecule has 0 saturated carbocycles. The molecule has 6 nitrogen and oxygen atoms in total. The molecule has 0 amide bonds. The van der Waals surface area contributed by atoms with Crippen molar-refractivity contribution in [3.63, 3.8) is 0 Å². The van der Waals surface area contributed by atoms with Gasteiger partial charge in [0, 0.05) is 26.2 Å². The van der Waals surface area contributed by atoms with Gasteiger partial charge in [-0.2, -0.15) is 0 Å². The van der Waals surface area contributed by atoms with Gasteiger partial charge >= 0.3 is 0 Å². The van der Waals surface area contributed by atoms with E-state index in [2.05, 4.69) is 20.2 Å². The van der Waals surface area contributed by atoms with Crippen molar-refractivity contribution in [3.8, 4) is 0 Å². The maximum Gasteiger partial charge on any atom is 0.222 e. The molecule has 1 fully saturated rings. The molecule has 0 bridgehead atoms. The lowest BCUT2D eigenvalue weighted by molar-refractivity contribution is 0.0171. The third kappa shape index (κ3) is 4.38. The van der Waals surface area contributed by atoms with E-state index in [9.17, 15) is 5.11 Å². The van der Waals surface area contributed by atoms with Crippen LogP contribution in [0.15, 0.2) is 12.4 Å². The number of morpholine rings is 1. The van der Waals surface area contributed by atoms with Gasteiger partial charge in [-0.05, 0) is 0 Å². The van der Waals surface area contributed by atoms with E-state index >= 15 is 0 Å². The van der Waals surface area contributed by atoms with Crippen LogP contribution in [0, 0.1) is 0 Å². The first-order valence-electron chi connectivity index (χ1n) is 5.93. The molecule has 1 atom stereocenters. The maximum absolute atomic E-state index is 9.89. The Morgan fingerprint density at radius 3 is 2.72 bits per heavy atom. The number of nitrogens with one attached hydrogen (secondary N) is 1. The topological polar surface area (TPSA) is 70.5 Å². The van der Waals surface area contributed by atoms with Gasteiger partial charge in [0.15, 0.2) is 0 Å². The van der Waals surface area contributed by atoms with E-state index in [1.54, 1.807) is 0 Å². The van der Waals surface area contributed by atoms with Gasteiger partial charge < -0.3 is 15.2 Å². The summed E-state index contributed by atoms with van der Waals surface area (Å²) < 4.78 is 5.25. The van der Waals surface area contributed by atoms with Gasteiger partial charge in [-0.15, -0.1) is 0 Å². The van der Waals surface area contributed by atoms with E-state index in [-0.39, 0.29) is 0 Å². The van der Waals surface area contributed by atoms with Crippen LogP contribution >= 0.6 is 11.6 Å². The number of β-amino-alcohol motifs (C(OH)–C–C–N with tert-alkyl or cyclic N) is 1. The highest BCUT2D eigenvalue weighted by Crippen LogP contribution is 2.05. The van der Waals surface area contributed by atoms with Gasteiger partial charge in [-0.25, -0.2) is 9.97 Å². The number of aromatic nitrogens is 2. The molecule has 18 heavy (non-hydrogen) atoms. The number of ether oxygens (including phenoxy) is 1. The third-order valence-corrected chi connectivity index (χ3v) is 2.88. The predicted octanol–water partition coefficient (Wildman–Crippen LogP) is 0.235. The summed E-state index contributed by atoms with van der Waals surface area (Å²) in [6.07, 6.45) is 2.58. The number of nitrogens with zero attached hydrogens (tertiary/aromatic N) is 3. The minimum atomic E-state index is -0.456. The third-order valence-electron chi connectivity index (χ3n) is 2.69. The fourth-order valence-electron chi connectivity index (χ4n) is 1.76. The standard InChI is InChI=1S/C11H17ClN4O2/c12-9-5-13-11(14-6-9)15-7-10(17)8-16-1-3-18-4-2-16/h5-6,10,17H,1-4,7-8H2,(H,13,14,15)/t10-/m0/s1. The number of hydrogen-bond acceptors (Lipinski definition) is 6. The van der Waals surface area contributed by atoms with Crippen molar-refractivity contribution in [2.75, 3.05) is 44.7 Å². The smallest absolute Gasteiger partial charge is 0.222 e. The molecule has 1 aromatic heterocycles. The first kappa shape index (κ1) is 13.5. The van der Waals surface area contributed by atoms with E-state index in [1.807, 2.05) is 0 Å². The number of aliphatic hydroxyl groups is 1. The zero-order valence-corrected chi connectivity index (χ0v) is 10.8. The summed E-state index contributed by atoms with van der Waals surface area (Å²) in [5, 5.41) is 13.4. The van der Waals surface area contributed by atoms with Gasteiger partial charge in [0.05, 0.1) is 36.7 Å². The summed E-state index contributed by atoms with van der Waals surface area (Å²) in [7, 11) is 0. The highest BCUT2D eigenvalue weighted by Gasteiger charge is 2.14. The van der Waals surface area contributed by atoms with Crippen molar-refractivity contribution < 1.29 is 9.84 Å². The Balaban J connectivity index is 1.70. The van der Waals surface area contributed by atoms with E-state index in [1.165, 1.54) is 12.4 Å². The van der Waals surface area contributed by atoms with Crippen LogP contribution in [-0.2, 0) is 4.74 Å². The van der Waals surface area contributed by atoms with E-state index in [0.717, 1.165) is 26.3 Å². The molecule has 2 heterocycles. The van der Waals surface area contributed by atoms with Crippen molar-refractivity contribution in [1.29, 1.82) is 0 Å². The van der Waals surface area contributed by atoms with Gasteiger partial charge in [-0.3, -0.25) is 4.90 Å². The second-order valence-corrected chi connectivity index (χ2v) is 4.61. The van der Waals surface area contributed by atoms with Crippen molar-refractivity contribution in [1.82, 2.24) is 14.9 Å². The van der Waals surface area contributed by atoms with Crippen LogP contribution in [0.3, 0.4) is 0 Å². The Morgan fingerprint density at radius 1 is 1.39 bits per heavy atom. The van der Waals surface area contributed by atoms with Gasteiger partial charge in [0.25, 0.3) is 0 Å². The van der Waals surface area contributed by atoms with Crippen LogP contribution in [0.4, 0.5) is 5.95 Å². The van der Waals surface area contributed by atoms with E-state index < -0.39 is 6.10 Å². The SMILES string of the molecule is O[C@@H](CNc1ncc(Cl)cn1)CN1CCOCC1. The number of aliphatic hydroxyl groups excluding tert-OH is 1. The number of hydrogen-bond donors (Lipinski definition) is 2. The van der Waals surface area contributed by atoms with Crippen molar-refractivity contribution in [2.45, 2.75) is 6.10 Å². The zero-order valence-electron chi connectivity index (χ0n) is 10.0. The summed E-state index contributed by atoms with van der Waals surface area (Å²) in [6.45, 7) is 4.26. The van der Waals surface area contributed by atoms with Crippen LogP contribution in [0.2, 0.25) is 5.02 Å². The molecule has 0 aromatic carbocycles. The van der Waals surface area contributed by atoms with E-state index in [4.69, 9.17) is 16.3 Å². The number of halogens is 1. The van der Waals surface area contributed by atoms with Crippen molar-refractivity contribution in [2.24, 2.45) is 0 Å². The lowest BCUT2D eigenvalue weighted by Gasteiger charge is -2.28. The minimum absolute atomic E-state index is 0.416.